The molecule has 0 aromatic carbocycles. The van der Waals surface area contributed by atoms with E-state index in [1.807, 2.05) is 0 Å². The number of carboxylic acids is 1. The van der Waals surface area contributed by atoms with E-state index in [9.17, 15) is 9.59 Å². The molecule has 0 aromatic rings. The number of carbonyl (C=O) groups is 2. The highest BCUT2D eigenvalue weighted by Gasteiger charge is 1.98. The molecule has 1 amide bonds. The van der Waals surface area contributed by atoms with Gasteiger partial charge in [0.1, 0.15) is 6.54 Å². The molecule has 0 fully saturated rings. The second-order valence-corrected chi connectivity index (χ2v) is 1.64. The zero-order chi connectivity index (χ0) is 7.28. The number of carboxylic acid groups (broad SMARTS) is 1. The van der Waals surface area contributed by atoms with Gasteiger partial charge in [0.2, 0.25) is 5.91 Å². The van der Waals surface area contributed by atoms with E-state index >= 15 is 0 Å². The van der Waals surface area contributed by atoms with Crippen molar-refractivity contribution < 1.29 is 14.7 Å². The van der Waals surface area contributed by atoms with Crippen LogP contribution in [0.4, 0.5) is 0 Å². The van der Waals surface area contributed by atoms with E-state index in [0.717, 1.165) is 0 Å². The molecule has 0 heterocycles. The van der Waals surface area contributed by atoms with Gasteiger partial charge in [-0.3, -0.25) is 9.59 Å². The van der Waals surface area contributed by atoms with Gasteiger partial charge in [-0.1, -0.05) is 0 Å². The SMILES string of the molecule is O=C(O)CNC(=O)CS. The first kappa shape index (κ1) is 8.29. The molecular weight excluding hydrogens is 142 g/mol. The molecule has 4 nitrogen and oxygen atoms in total. The fourth-order valence-electron chi connectivity index (χ4n) is 0.230. The molecule has 0 saturated heterocycles. The third-order valence-electron chi connectivity index (χ3n) is 0.580. The largest absolute Gasteiger partial charge is 0.480 e. The van der Waals surface area contributed by atoms with Crippen molar-refractivity contribution in [3.05, 3.63) is 0 Å². The highest BCUT2D eigenvalue weighted by atomic mass is 32.1. The molecule has 0 spiro atoms. The fraction of sp³-hybridized carbons (Fsp3) is 0.500. The van der Waals surface area contributed by atoms with Crippen LogP contribution >= 0.6 is 12.6 Å². The lowest BCUT2D eigenvalue weighted by Crippen LogP contribution is -2.29. The number of nitrogens with one attached hydrogen (secondary N) is 1. The predicted molar refractivity (Wildman–Crippen MR) is 34.5 cm³/mol. The van der Waals surface area contributed by atoms with E-state index in [1.54, 1.807) is 0 Å². The number of carbonyl (C=O) groups excluding carboxylic acids is 1. The molecule has 2 N–H and O–H groups in total. The number of hydrogen-bond donors (Lipinski definition) is 3. The predicted octanol–water partition coefficient (Wildman–Crippen LogP) is -0.883. The summed E-state index contributed by atoms with van der Waals surface area (Å²) in [6.45, 7) is -0.334. The third kappa shape index (κ3) is 5.16. The molecule has 0 atom stereocenters. The molecule has 0 aliphatic heterocycles. The van der Waals surface area contributed by atoms with Gasteiger partial charge in [0, 0.05) is 0 Å². The fourth-order valence-corrected chi connectivity index (χ4v) is 0.342. The van der Waals surface area contributed by atoms with Crippen LogP contribution in [0.25, 0.3) is 0 Å². The summed E-state index contributed by atoms with van der Waals surface area (Å²) >= 11 is 3.61. The lowest BCUT2D eigenvalue weighted by molar-refractivity contribution is -0.137. The van der Waals surface area contributed by atoms with Crippen LogP contribution in [0.2, 0.25) is 0 Å². The van der Waals surface area contributed by atoms with Crippen molar-refractivity contribution in [1.82, 2.24) is 5.32 Å². The molecule has 0 unspecified atom stereocenters. The molecule has 5 heteroatoms. The lowest BCUT2D eigenvalue weighted by atomic mass is 10.6. The van der Waals surface area contributed by atoms with Crippen LogP contribution in [-0.2, 0) is 9.59 Å². The Hall–Kier alpha value is -0.710. The van der Waals surface area contributed by atoms with Crippen molar-refractivity contribution in [2.45, 2.75) is 0 Å². The Morgan fingerprint density at radius 3 is 2.44 bits per heavy atom. The molecule has 0 aliphatic carbocycles. The Labute approximate surface area is 57.7 Å². The summed E-state index contributed by atoms with van der Waals surface area (Å²) in [5.41, 5.74) is 0. The minimum absolute atomic E-state index is 0.0211. The average molecular weight is 149 g/mol. The molecule has 9 heavy (non-hydrogen) atoms. The molecule has 0 aliphatic rings. The first-order valence-corrected chi connectivity index (χ1v) is 2.89. The van der Waals surface area contributed by atoms with Crippen LogP contribution < -0.4 is 5.32 Å². The van der Waals surface area contributed by atoms with Crippen LogP contribution in [0.3, 0.4) is 0 Å². The van der Waals surface area contributed by atoms with Crippen LogP contribution in [0.5, 0.6) is 0 Å². The van der Waals surface area contributed by atoms with Crippen molar-refractivity contribution in [1.29, 1.82) is 0 Å². The van der Waals surface area contributed by atoms with Gasteiger partial charge in [-0.15, -0.1) is 0 Å². The number of amides is 1. The standard InChI is InChI=1S/C4H7NO3S/c6-3(2-9)5-1-4(7)8/h9H,1-2H2,(H,5,6)(H,7,8). The van der Waals surface area contributed by atoms with Gasteiger partial charge in [0.25, 0.3) is 0 Å². The molecule has 52 valence electrons. The van der Waals surface area contributed by atoms with Gasteiger partial charge in [-0.2, -0.15) is 12.6 Å². The zero-order valence-electron chi connectivity index (χ0n) is 4.63. The van der Waals surface area contributed by atoms with Crippen molar-refractivity contribution in [3.8, 4) is 0 Å². The summed E-state index contributed by atoms with van der Waals surface area (Å²) in [6, 6.07) is 0. The summed E-state index contributed by atoms with van der Waals surface area (Å²) in [5, 5.41) is 10.1. The molecule has 0 bridgehead atoms. The second-order valence-electron chi connectivity index (χ2n) is 1.33. The average Bonchev–Trinajstić information content (AvgIpc) is 1.83. The molecule has 0 rings (SSSR count). The Bertz CT molecular complexity index is 125. The summed E-state index contributed by atoms with van der Waals surface area (Å²) in [4.78, 5) is 20.0. The number of thiol groups is 1. The smallest absolute Gasteiger partial charge is 0.322 e. The molecule has 0 saturated carbocycles. The molecular formula is C4H7NO3S. The second kappa shape index (κ2) is 4.20. The Kier molecular flexibility index (Phi) is 3.87. The maximum atomic E-state index is 10.3. The van der Waals surface area contributed by atoms with Gasteiger partial charge in [0.05, 0.1) is 5.75 Å². The first-order valence-electron chi connectivity index (χ1n) is 2.26. The van der Waals surface area contributed by atoms with Crippen molar-refractivity contribution in [3.63, 3.8) is 0 Å². The maximum absolute atomic E-state index is 10.3. The van der Waals surface area contributed by atoms with E-state index in [4.69, 9.17) is 5.11 Å². The third-order valence-corrected chi connectivity index (χ3v) is 0.868. The minimum atomic E-state index is -1.05. The highest BCUT2D eigenvalue weighted by molar-refractivity contribution is 7.81. The van der Waals surface area contributed by atoms with E-state index in [1.165, 1.54) is 0 Å². The first-order chi connectivity index (χ1) is 4.16. The monoisotopic (exact) mass is 149 g/mol. The van der Waals surface area contributed by atoms with Crippen LogP contribution in [0.1, 0.15) is 0 Å². The van der Waals surface area contributed by atoms with Crippen molar-refractivity contribution in [2.75, 3.05) is 12.3 Å². The maximum Gasteiger partial charge on any atom is 0.322 e. The Balaban J connectivity index is 3.28. The Morgan fingerprint density at radius 1 is 1.56 bits per heavy atom. The number of rotatable bonds is 3. The van der Waals surface area contributed by atoms with Gasteiger partial charge in [-0.25, -0.2) is 0 Å². The van der Waals surface area contributed by atoms with Crippen LogP contribution in [0, 0.1) is 0 Å². The topological polar surface area (TPSA) is 66.4 Å². The summed E-state index contributed by atoms with van der Waals surface area (Å²) in [6.07, 6.45) is 0. The molecule has 0 radical (unpaired) electrons. The van der Waals surface area contributed by atoms with Crippen molar-refractivity contribution >= 4 is 24.5 Å². The highest BCUT2D eigenvalue weighted by Crippen LogP contribution is 1.71. The van der Waals surface area contributed by atoms with Gasteiger partial charge < -0.3 is 10.4 Å². The van der Waals surface area contributed by atoms with E-state index in [0.29, 0.717) is 0 Å². The number of aliphatic carboxylic acids is 1. The van der Waals surface area contributed by atoms with Gasteiger partial charge in [-0.05, 0) is 0 Å². The van der Waals surface area contributed by atoms with Crippen molar-refractivity contribution in [2.24, 2.45) is 0 Å². The lowest BCUT2D eigenvalue weighted by Gasteiger charge is -1.95. The summed E-state index contributed by atoms with van der Waals surface area (Å²) in [7, 11) is 0. The van der Waals surface area contributed by atoms with E-state index in [2.05, 4.69) is 17.9 Å². The molecule has 0 aromatic heterocycles. The normalized spacial score (nSPS) is 8.56. The van der Waals surface area contributed by atoms with Gasteiger partial charge in [0.15, 0.2) is 0 Å². The quantitative estimate of drug-likeness (QED) is 0.456. The zero-order valence-corrected chi connectivity index (χ0v) is 5.52. The van der Waals surface area contributed by atoms with E-state index in [-0.39, 0.29) is 18.2 Å². The summed E-state index contributed by atoms with van der Waals surface area (Å²) < 4.78 is 0. The van der Waals surface area contributed by atoms with Crippen LogP contribution in [0.15, 0.2) is 0 Å². The van der Waals surface area contributed by atoms with Gasteiger partial charge >= 0.3 is 5.97 Å². The summed E-state index contributed by atoms with van der Waals surface area (Å²) in [5.74, 6) is -1.40. The van der Waals surface area contributed by atoms with E-state index < -0.39 is 5.97 Å². The number of hydrogen-bond acceptors (Lipinski definition) is 3. The Morgan fingerprint density at radius 2 is 2.11 bits per heavy atom. The minimum Gasteiger partial charge on any atom is -0.480 e. The van der Waals surface area contributed by atoms with Crippen LogP contribution in [-0.4, -0.2) is 29.3 Å².